The molecule has 2 aliphatic rings. The number of fused-ring (bicyclic) bond motifs is 1. The van der Waals surface area contributed by atoms with Crippen LogP contribution in [0.4, 0.5) is 0 Å². The van der Waals surface area contributed by atoms with E-state index in [-0.39, 0.29) is 18.7 Å². The third kappa shape index (κ3) is 3.62. The van der Waals surface area contributed by atoms with Gasteiger partial charge in [-0.25, -0.2) is 0 Å². The zero-order valence-electron chi connectivity index (χ0n) is 14.3. The van der Waals surface area contributed by atoms with Crippen molar-refractivity contribution >= 4 is 5.91 Å². The molecule has 25 heavy (non-hydrogen) atoms. The molecule has 4 rings (SSSR count). The normalized spacial score (nSPS) is 19.2. The lowest BCUT2D eigenvalue weighted by Crippen LogP contribution is -2.46. The molecule has 6 nitrogen and oxygen atoms in total. The Morgan fingerprint density at radius 3 is 3.04 bits per heavy atom. The number of likely N-dealkylation sites (tertiary alicyclic amines) is 1. The monoisotopic (exact) mass is 341 g/mol. The molecule has 0 saturated carbocycles. The van der Waals surface area contributed by atoms with Gasteiger partial charge in [-0.1, -0.05) is 6.07 Å². The molecule has 1 aromatic heterocycles. The molecule has 0 N–H and O–H groups in total. The lowest BCUT2D eigenvalue weighted by Gasteiger charge is -2.36. The number of nitrogens with zero attached hydrogens (tertiary/aromatic N) is 3. The van der Waals surface area contributed by atoms with Crippen LogP contribution in [0, 0.1) is 0 Å². The van der Waals surface area contributed by atoms with Crippen molar-refractivity contribution in [2.24, 2.45) is 0 Å². The van der Waals surface area contributed by atoms with Gasteiger partial charge in [0, 0.05) is 25.4 Å². The number of carbonyl (C=O) groups excluding carboxylic acids is 1. The van der Waals surface area contributed by atoms with Crippen LogP contribution in [0.1, 0.15) is 31.2 Å². The maximum Gasteiger partial charge on any atom is 0.231 e. The largest absolute Gasteiger partial charge is 0.454 e. The molecule has 1 amide bonds. The Bertz CT molecular complexity index is 730. The number of aromatic nitrogens is 2. The fourth-order valence-corrected chi connectivity index (χ4v) is 3.63. The lowest BCUT2D eigenvalue weighted by molar-refractivity contribution is -0.135. The van der Waals surface area contributed by atoms with E-state index < -0.39 is 0 Å². The second-order valence-electron chi connectivity index (χ2n) is 6.65. The first-order valence-corrected chi connectivity index (χ1v) is 8.95. The molecule has 0 aliphatic carbocycles. The molecule has 1 atom stereocenters. The van der Waals surface area contributed by atoms with Crippen molar-refractivity contribution in [1.29, 1.82) is 0 Å². The second kappa shape index (κ2) is 7.17. The van der Waals surface area contributed by atoms with Gasteiger partial charge in [0.25, 0.3) is 0 Å². The van der Waals surface area contributed by atoms with E-state index in [9.17, 15) is 4.79 Å². The molecule has 1 saturated heterocycles. The van der Waals surface area contributed by atoms with E-state index in [1.54, 1.807) is 6.20 Å². The third-order valence-corrected chi connectivity index (χ3v) is 4.97. The summed E-state index contributed by atoms with van der Waals surface area (Å²) in [5.74, 6) is 1.79. The fraction of sp³-hybridized carbons (Fsp3) is 0.474. The summed E-state index contributed by atoms with van der Waals surface area (Å²) in [6.07, 6.45) is 8.31. The van der Waals surface area contributed by atoms with Crippen molar-refractivity contribution in [3.05, 3.63) is 42.2 Å². The Kier molecular flexibility index (Phi) is 4.59. The molecule has 0 spiro atoms. The zero-order chi connectivity index (χ0) is 17.1. The molecule has 2 aromatic rings. The van der Waals surface area contributed by atoms with Gasteiger partial charge in [-0.05, 0) is 49.4 Å². The Morgan fingerprint density at radius 1 is 1.24 bits per heavy atom. The summed E-state index contributed by atoms with van der Waals surface area (Å²) in [6, 6.07) is 8.08. The minimum absolute atomic E-state index is 0.231. The van der Waals surface area contributed by atoms with Crippen LogP contribution >= 0.6 is 0 Å². The predicted molar refractivity (Wildman–Crippen MR) is 92.5 cm³/mol. The first-order chi connectivity index (χ1) is 12.3. The van der Waals surface area contributed by atoms with Gasteiger partial charge in [0.05, 0.1) is 12.6 Å². The highest BCUT2D eigenvalue weighted by molar-refractivity contribution is 5.77. The quantitative estimate of drug-likeness (QED) is 0.839. The number of benzene rings is 1. The predicted octanol–water partition coefficient (Wildman–Crippen LogP) is 2.63. The second-order valence-corrected chi connectivity index (χ2v) is 6.65. The highest BCUT2D eigenvalue weighted by atomic mass is 16.7. The number of hydrogen-bond acceptors (Lipinski definition) is 4. The van der Waals surface area contributed by atoms with Crippen LogP contribution in [0.2, 0.25) is 0 Å². The summed E-state index contributed by atoms with van der Waals surface area (Å²) in [6.45, 7) is 1.91. The van der Waals surface area contributed by atoms with Gasteiger partial charge in [0.2, 0.25) is 12.7 Å². The van der Waals surface area contributed by atoms with Gasteiger partial charge < -0.3 is 14.4 Å². The van der Waals surface area contributed by atoms with Crippen molar-refractivity contribution in [3.8, 4) is 11.5 Å². The van der Waals surface area contributed by atoms with E-state index >= 15 is 0 Å². The average molecular weight is 341 g/mol. The summed E-state index contributed by atoms with van der Waals surface area (Å²) in [7, 11) is 0. The molecule has 6 heteroatoms. The fourth-order valence-electron chi connectivity index (χ4n) is 3.63. The van der Waals surface area contributed by atoms with Gasteiger partial charge in [0.15, 0.2) is 11.5 Å². The Labute approximate surface area is 147 Å². The topological polar surface area (TPSA) is 56.6 Å². The van der Waals surface area contributed by atoms with Crippen LogP contribution in [0.25, 0.3) is 0 Å². The molecule has 3 heterocycles. The van der Waals surface area contributed by atoms with E-state index in [1.807, 2.05) is 35.1 Å². The van der Waals surface area contributed by atoms with Crippen LogP contribution in [0.5, 0.6) is 11.5 Å². The molecule has 1 aromatic carbocycles. The van der Waals surface area contributed by atoms with Crippen LogP contribution in [0.3, 0.4) is 0 Å². The minimum atomic E-state index is 0.231. The summed E-state index contributed by atoms with van der Waals surface area (Å²) in [4.78, 5) is 14.8. The van der Waals surface area contributed by atoms with Crippen LogP contribution in [0.15, 0.2) is 36.7 Å². The van der Waals surface area contributed by atoms with Crippen molar-refractivity contribution in [1.82, 2.24) is 14.7 Å². The number of amides is 1. The number of hydrogen-bond donors (Lipinski definition) is 0. The highest BCUT2D eigenvalue weighted by Gasteiger charge is 2.26. The number of carbonyl (C=O) groups is 1. The highest BCUT2D eigenvalue weighted by Crippen LogP contribution is 2.32. The Hall–Kier alpha value is -2.50. The van der Waals surface area contributed by atoms with Gasteiger partial charge in [-0.3, -0.25) is 9.48 Å². The van der Waals surface area contributed by atoms with Crippen LogP contribution < -0.4 is 9.47 Å². The van der Waals surface area contributed by atoms with Gasteiger partial charge >= 0.3 is 0 Å². The smallest absolute Gasteiger partial charge is 0.231 e. The van der Waals surface area contributed by atoms with E-state index in [0.717, 1.165) is 49.4 Å². The van der Waals surface area contributed by atoms with Gasteiger partial charge in [0.1, 0.15) is 0 Å². The average Bonchev–Trinajstić information content (AvgIpc) is 3.31. The number of rotatable bonds is 5. The minimum Gasteiger partial charge on any atom is -0.454 e. The molecule has 0 bridgehead atoms. The van der Waals surface area contributed by atoms with E-state index in [0.29, 0.717) is 6.42 Å². The van der Waals surface area contributed by atoms with Crippen LogP contribution in [-0.4, -0.2) is 40.0 Å². The van der Waals surface area contributed by atoms with Gasteiger partial charge in [-0.15, -0.1) is 0 Å². The maximum atomic E-state index is 12.8. The standard InChI is InChI=1S/C19H23N3O3/c23-19(8-6-15-5-7-17-18(12-15)25-14-24-17)22-11-2-1-4-16(22)13-21-10-3-9-20-21/h3,5,7,9-10,12,16H,1-2,4,6,8,11,13-14H2/t16-/m0/s1. The van der Waals surface area contributed by atoms with Crippen LogP contribution in [-0.2, 0) is 17.8 Å². The third-order valence-electron chi connectivity index (χ3n) is 4.97. The maximum absolute atomic E-state index is 12.8. The van der Waals surface area contributed by atoms with Crippen molar-refractivity contribution in [2.75, 3.05) is 13.3 Å². The lowest BCUT2D eigenvalue weighted by atomic mass is 10.0. The van der Waals surface area contributed by atoms with E-state index in [2.05, 4.69) is 10.00 Å². The zero-order valence-corrected chi connectivity index (χ0v) is 14.3. The molecular weight excluding hydrogens is 318 g/mol. The Morgan fingerprint density at radius 2 is 2.16 bits per heavy atom. The van der Waals surface area contributed by atoms with E-state index in [4.69, 9.17) is 9.47 Å². The Balaban J connectivity index is 1.37. The summed E-state index contributed by atoms with van der Waals surface area (Å²) in [5.41, 5.74) is 1.11. The van der Waals surface area contributed by atoms with Gasteiger partial charge in [-0.2, -0.15) is 5.10 Å². The molecular formula is C19H23N3O3. The first kappa shape index (κ1) is 16.0. The molecule has 0 unspecified atom stereocenters. The number of piperidine rings is 1. The SMILES string of the molecule is O=C(CCc1ccc2c(c1)OCO2)N1CCCC[C@H]1Cn1cccn1. The summed E-state index contributed by atoms with van der Waals surface area (Å²) in [5, 5.41) is 4.28. The number of ether oxygens (including phenoxy) is 2. The number of aryl methyl sites for hydroxylation is 1. The molecule has 132 valence electrons. The van der Waals surface area contributed by atoms with Crippen molar-refractivity contribution < 1.29 is 14.3 Å². The van der Waals surface area contributed by atoms with Crippen molar-refractivity contribution in [2.45, 2.75) is 44.7 Å². The first-order valence-electron chi connectivity index (χ1n) is 8.95. The molecule has 0 radical (unpaired) electrons. The van der Waals surface area contributed by atoms with E-state index in [1.165, 1.54) is 6.42 Å². The van der Waals surface area contributed by atoms with Crippen molar-refractivity contribution in [3.63, 3.8) is 0 Å². The molecule has 2 aliphatic heterocycles. The molecule has 1 fully saturated rings. The summed E-state index contributed by atoms with van der Waals surface area (Å²) >= 11 is 0. The summed E-state index contributed by atoms with van der Waals surface area (Å²) < 4.78 is 12.7.